The van der Waals surface area contributed by atoms with Gasteiger partial charge in [-0.3, -0.25) is 0 Å². The molecule has 1 aliphatic rings. The average molecular weight is 261 g/mol. The molecule has 2 heterocycles. The van der Waals surface area contributed by atoms with E-state index in [1.807, 2.05) is 7.05 Å². The first-order chi connectivity index (χ1) is 9.13. The van der Waals surface area contributed by atoms with Crippen molar-refractivity contribution in [3.63, 3.8) is 0 Å². The molecule has 1 aliphatic heterocycles. The number of hydrogen-bond acceptors (Lipinski definition) is 3. The highest BCUT2D eigenvalue weighted by atomic mass is 15.2. The van der Waals surface area contributed by atoms with E-state index in [9.17, 15) is 0 Å². The Hall–Kier alpha value is -1.09. The third-order valence-electron chi connectivity index (χ3n) is 3.89. The highest BCUT2D eigenvalue weighted by molar-refractivity contribution is 5.45. The Balaban J connectivity index is 2.27. The molecule has 19 heavy (non-hydrogen) atoms. The van der Waals surface area contributed by atoms with Gasteiger partial charge in [-0.05, 0) is 50.4 Å². The molecule has 2 rings (SSSR count). The second-order valence-electron chi connectivity index (χ2n) is 5.95. The largest absolute Gasteiger partial charge is 0.354 e. The number of aromatic nitrogens is 1. The molecular formula is C16H27N3. The summed E-state index contributed by atoms with van der Waals surface area (Å²) in [4.78, 5) is 7.35. The van der Waals surface area contributed by atoms with Crippen LogP contribution in [0, 0.1) is 5.92 Å². The molecule has 0 amide bonds. The van der Waals surface area contributed by atoms with E-state index in [1.54, 1.807) is 0 Å². The van der Waals surface area contributed by atoms with E-state index in [0.29, 0.717) is 6.04 Å². The maximum absolute atomic E-state index is 4.87. The Morgan fingerprint density at radius 3 is 2.74 bits per heavy atom. The van der Waals surface area contributed by atoms with Crippen molar-refractivity contribution in [1.82, 2.24) is 10.3 Å². The normalized spacial score (nSPS) is 23.1. The van der Waals surface area contributed by atoms with Crippen LogP contribution in [0.3, 0.4) is 0 Å². The van der Waals surface area contributed by atoms with Crippen LogP contribution in [-0.4, -0.2) is 24.6 Å². The van der Waals surface area contributed by atoms with Crippen molar-refractivity contribution in [2.24, 2.45) is 5.92 Å². The molecule has 0 aromatic carbocycles. The Morgan fingerprint density at radius 1 is 1.37 bits per heavy atom. The standard InChI is InChI=1S/C16H27N3/c1-5-6-15-8-14(10-17-4)9-16(18-15)19-11-12(2)7-13(19)3/h8-9,12-13,17H,5-7,10-11H2,1-4H3. The van der Waals surface area contributed by atoms with Crippen molar-refractivity contribution in [1.29, 1.82) is 0 Å². The van der Waals surface area contributed by atoms with Crippen molar-refractivity contribution < 1.29 is 0 Å². The average Bonchev–Trinajstić information content (AvgIpc) is 2.69. The van der Waals surface area contributed by atoms with Gasteiger partial charge >= 0.3 is 0 Å². The molecule has 2 unspecified atom stereocenters. The van der Waals surface area contributed by atoms with Gasteiger partial charge in [0.15, 0.2) is 0 Å². The first-order valence-electron chi connectivity index (χ1n) is 7.55. The molecule has 0 bridgehead atoms. The van der Waals surface area contributed by atoms with Crippen LogP contribution in [0.15, 0.2) is 12.1 Å². The van der Waals surface area contributed by atoms with E-state index in [1.165, 1.54) is 23.5 Å². The minimum Gasteiger partial charge on any atom is -0.354 e. The van der Waals surface area contributed by atoms with Crippen LogP contribution < -0.4 is 10.2 Å². The lowest BCUT2D eigenvalue weighted by atomic mass is 10.1. The van der Waals surface area contributed by atoms with Crippen LogP contribution >= 0.6 is 0 Å². The van der Waals surface area contributed by atoms with E-state index in [2.05, 4.69) is 43.1 Å². The van der Waals surface area contributed by atoms with E-state index >= 15 is 0 Å². The number of rotatable bonds is 5. The summed E-state index contributed by atoms with van der Waals surface area (Å²) in [7, 11) is 2.00. The molecule has 1 aromatic rings. The molecular weight excluding hydrogens is 234 g/mol. The Labute approximate surface area is 117 Å². The molecule has 1 aromatic heterocycles. The third kappa shape index (κ3) is 3.47. The highest BCUT2D eigenvalue weighted by Crippen LogP contribution is 2.28. The number of nitrogens with one attached hydrogen (secondary N) is 1. The second kappa shape index (κ2) is 6.38. The van der Waals surface area contributed by atoms with Gasteiger partial charge in [-0.25, -0.2) is 4.98 Å². The quantitative estimate of drug-likeness (QED) is 0.883. The van der Waals surface area contributed by atoms with Gasteiger partial charge in [-0.1, -0.05) is 20.3 Å². The zero-order valence-corrected chi connectivity index (χ0v) is 12.7. The smallest absolute Gasteiger partial charge is 0.129 e. The summed E-state index contributed by atoms with van der Waals surface area (Å²) >= 11 is 0. The maximum atomic E-state index is 4.87. The molecule has 3 heteroatoms. The van der Waals surface area contributed by atoms with Crippen LogP contribution in [0.5, 0.6) is 0 Å². The summed E-state index contributed by atoms with van der Waals surface area (Å²) < 4.78 is 0. The zero-order chi connectivity index (χ0) is 13.8. The van der Waals surface area contributed by atoms with E-state index in [4.69, 9.17) is 4.98 Å². The topological polar surface area (TPSA) is 28.2 Å². The molecule has 1 N–H and O–H groups in total. The number of aryl methyl sites for hydroxylation is 1. The zero-order valence-electron chi connectivity index (χ0n) is 12.7. The van der Waals surface area contributed by atoms with Crippen LogP contribution in [0.1, 0.15) is 44.9 Å². The summed E-state index contributed by atoms with van der Waals surface area (Å²) in [6, 6.07) is 5.11. The highest BCUT2D eigenvalue weighted by Gasteiger charge is 2.27. The first kappa shape index (κ1) is 14.3. The molecule has 0 saturated carbocycles. The predicted octanol–water partition coefficient (Wildman–Crippen LogP) is 2.99. The first-order valence-corrected chi connectivity index (χ1v) is 7.55. The van der Waals surface area contributed by atoms with Gasteiger partial charge in [-0.15, -0.1) is 0 Å². The fraction of sp³-hybridized carbons (Fsp3) is 0.688. The summed E-state index contributed by atoms with van der Waals surface area (Å²) in [6.07, 6.45) is 3.50. The summed E-state index contributed by atoms with van der Waals surface area (Å²) in [5.74, 6) is 1.95. The lowest BCUT2D eigenvalue weighted by molar-refractivity contribution is 0.625. The molecule has 2 atom stereocenters. The molecule has 1 fully saturated rings. The summed E-state index contributed by atoms with van der Waals surface area (Å²) in [5, 5.41) is 3.24. The fourth-order valence-corrected chi connectivity index (χ4v) is 3.09. The molecule has 3 nitrogen and oxygen atoms in total. The maximum Gasteiger partial charge on any atom is 0.129 e. The fourth-order valence-electron chi connectivity index (χ4n) is 3.09. The molecule has 1 saturated heterocycles. The van der Waals surface area contributed by atoms with Gasteiger partial charge in [0, 0.05) is 24.8 Å². The number of pyridine rings is 1. The van der Waals surface area contributed by atoms with E-state index < -0.39 is 0 Å². The number of nitrogens with zero attached hydrogens (tertiary/aromatic N) is 2. The molecule has 0 radical (unpaired) electrons. The van der Waals surface area contributed by atoms with Crippen molar-refractivity contribution in [2.45, 2.75) is 52.6 Å². The monoisotopic (exact) mass is 261 g/mol. The van der Waals surface area contributed by atoms with Gasteiger partial charge in [0.1, 0.15) is 5.82 Å². The van der Waals surface area contributed by atoms with Crippen molar-refractivity contribution in [3.05, 3.63) is 23.4 Å². The van der Waals surface area contributed by atoms with Gasteiger partial charge < -0.3 is 10.2 Å². The van der Waals surface area contributed by atoms with Crippen LogP contribution in [0.4, 0.5) is 5.82 Å². The minimum atomic E-state index is 0.613. The van der Waals surface area contributed by atoms with Gasteiger partial charge in [0.05, 0.1) is 0 Å². The second-order valence-corrected chi connectivity index (χ2v) is 5.95. The van der Waals surface area contributed by atoms with Crippen molar-refractivity contribution in [3.8, 4) is 0 Å². The number of hydrogen-bond donors (Lipinski definition) is 1. The minimum absolute atomic E-state index is 0.613. The van der Waals surface area contributed by atoms with Crippen LogP contribution in [0.2, 0.25) is 0 Å². The lowest BCUT2D eigenvalue weighted by Crippen LogP contribution is -2.28. The van der Waals surface area contributed by atoms with Crippen LogP contribution in [0.25, 0.3) is 0 Å². The summed E-state index contributed by atoms with van der Waals surface area (Å²) in [6.45, 7) is 8.93. The summed E-state index contributed by atoms with van der Waals surface area (Å²) in [5.41, 5.74) is 2.58. The van der Waals surface area contributed by atoms with E-state index in [-0.39, 0.29) is 0 Å². The van der Waals surface area contributed by atoms with E-state index in [0.717, 1.165) is 31.8 Å². The van der Waals surface area contributed by atoms with Gasteiger partial charge in [0.2, 0.25) is 0 Å². The molecule has 0 spiro atoms. The SMILES string of the molecule is CCCc1cc(CNC)cc(N2CC(C)CC2C)n1. The van der Waals surface area contributed by atoms with Crippen molar-refractivity contribution in [2.75, 3.05) is 18.5 Å². The van der Waals surface area contributed by atoms with Gasteiger partial charge in [0.25, 0.3) is 0 Å². The predicted molar refractivity (Wildman–Crippen MR) is 81.6 cm³/mol. The Kier molecular flexibility index (Phi) is 4.81. The molecule has 106 valence electrons. The Morgan fingerprint density at radius 2 is 2.16 bits per heavy atom. The van der Waals surface area contributed by atoms with Crippen LogP contribution in [-0.2, 0) is 13.0 Å². The lowest BCUT2D eigenvalue weighted by Gasteiger charge is -2.24. The van der Waals surface area contributed by atoms with Gasteiger partial charge in [-0.2, -0.15) is 0 Å². The third-order valence-corrected chi connectivity index (χ3v) is 3.89. The van der Waals surface area contributed by atoms with Crippen molar-refractivity contribution >= 4 is 5.82 Å². The number of anilines is 1. The molecule has 0 aliphatic carbocycles. The Bertz CT molecular complexity index is 392.